The molecule has 1 fully saturated rings. The lowest BCUT2D eigenvalue weighted by Crippen LogP contribution is -2.48. The Labute approximate surface area is 134 Å². The van der Waals surface area contributed by atoms with Crippen molar-refractivity contribution in [1.29, 1.82) is 0 Å². The minimum absolute atomic E-state index is 0.0196. The van der Waals surface area contributed by atoms with Gasteiger partial charge in [0, 0.05) is 12.1 Å². The van der Waals surface area contributed by atoms with Crippen LogP contribution in [-0.4, -0.2) is 47.6 Å². The number of aryl methyl sites for hydroxylation is 1. The van der Waals surface area contributed by atoms with Gasteiger partial charge in [0.05, 0.1) is 11.5 Å². The van der Waals surface area contributed by atoms with Gasteiger partial charge in [0.1, 0.15) is 5.76 Å². The fourth-order valence-corrected chi connectivity index (χ4v) is 2.95. The fraction of sp³-hybridized carbons (Fsp3) is 0.643. The van der Waals surface area contributed by atoms with Crippen LogP contribution >= 0.6 is 11.8 Å². The number of hydrogen-bond donors (Lipinski definition) is 3. The van der Waals surface area contributed by atoms with Gasteiger partial charge in [0.2, 0.25) is 11.8 Å². The molecule has 1 saturated heterocycles. The summed E-state index contributed by atoms with van der Waals surface area (Å²) in [4.78, 5) is 23.6. The van der Waals surface area contributed by atoms with E-state index in [1.54, 1.807) is 13.0 Å². The molecule has 0 saturated carbocycles. The second-order valence-corrected chi connectivity index (χ2v) is 6.49. The highest BCUT2D eigenvalue weighted by atomic mass is 32.2. The molecule has 2 unspecified atom stereocenters. The molecular weight excluding hydrogens is 304 g/mol. The van der Waals surface area contributed by atoms with Gasteiger partial charge in [0.15, 0.2) is 5.82 Å². The molecule has 122 valence electrons. The lowest BCUT2D eigenvalue weighted by atomic mass is 9.95. The normalized spacial score (nSPS) is 21.4. The summed E-state index contributed by atoms with van der Waals surface area (Å²) >= 11 is 1.29. The summed E-state index contributed by atoms with van der Waals surface area (Å²) < 4.78 is 4.86. The van der Waals surface area contributed by atoms with Crippen LogP contribution in [0.4, 0.5) is 5.82 Å². The van der Waals surface area contributed by atoms with Gasteiger partial charge in [-0.1, -0.05) is 12.1 Å². The number of hydrogen-bond acceptors (Lipinski definition) is 6. The van der Waals surface area contributed by atoms with Crippen molar-refractivity contribution in [2.24, 2.45) is 5.92 Å². The van der Waals surface area contributed by atoms with E-state index in [0.717, 1.165) is 19.5 Å². The first-order valence-electron chi connectivity index (χ1n) is 7.35. The van der Waals surface area contributed by atoms with Crippen molar-refractivity contribution in [2.45, 2.75) is 26.3 Å². The smallest absolute Gasteiger partial charge is 0.235 e. The maximum atomic E-state index is 11.9. The number of carbonyl (C=O) groups excluding carboxylic acids is 2. The molecule has 1 aromatic rings. The van der Waals surface area contributed by atoms with E-state index >= 15 is 0 Å². The molecule has 7 nitrogen and oxygen atoms in total. The fourth-order valence-electron chi connectivity index (χ4n) is 2.32. The Balaban J connectivity index is 1.63. The Bertz CT molecular complexity index is 520. The van der Waals surface area contributed by atoms with Gasteiger partial charge in [-0.25, -0.2) is 0 Å². The van der Waals surface area contributed by atoms with Gasteiger partial charge in [-0.05, 0) is 32.4 Å². The number of amides is 2. The van der Waals surface area contributed by atoms with Crippen molar-refractivity contribution in [2.75, 3.05) is 29.9 Å². The lowest BCUT2D eigenvalue weighted by molar-refractivity contribution is -0.119. The SMILES string of the molecule is Cc1cc(NC(=O)CSCC(=O)NC2CCNCC2C)no1. The summed E-state index contributed by atoms with van der Waals surface area (Å²) in [5, 5.41) is 12.6. The molecule has 8 heteroatoms. The van der Waals surface area contributed by atoms with E-state index < -0.39 is 0 Å². The molecule has 0 radical (unpaired) electrons. The number of thioether (sulfide) groups is 1. The van der Waals surface area contributed by atoms with Crippen LogP contribution in [0.5, 0.6) is 0 Å². The maximum absolute atomic E-state index is 11.9. The molecule has 2 amide bonds. The zero-order chi connectivity index (χ0) is 15.9. The van der Waals surface area contributed by atoms with E-state index in [4.69, 9.17) is 4.52 Å². The molecule has 22 heavy (non-hydrogen) atoms. The third-order valence-electron chi connectivity index (χ3n) is 3.49. The monoisotopic (exact) mass is 326 g/mol. The highest BCUT2D eigenvalue weighted by molar-refractivity contribution is 8.00. The minimum Gasteiger partial charge on any atom is -0.360 e. The molecule has 0 aliphatic carbocycles. The quantitative estimate of drug-likeness (QED) is 0.714. The Kier molecular flexibility index (Phi) is 6.26. The molecule has 0 spiro atoms. The molecule has 0 aromatic carbocycles. The Morgan fingerprint density at radius 2 is 2.23 bits per heavy atom. The number of aromatic nitrogens is 1. The van der Waals surface area contributed by atoms with Crippen molar-refractivity contribution in [3.63, 3.8) is 0 Å². The number of rotatable bonds is 6. The van der Waals surface area contributed by atoms with Crippen LogP contribution in [0.25, 0.3) is 0 Å². The van der Waals surface area contributed by atoms with E-state index in [1.807, 2.05) is 0 Å². The van der Waals surface area contributed by atoms with Crippen molar-refractivity contribution in [3.05, 3.63) is 11.8 Å². The van der Waals surface area contributed by atoms with Crippen molar-refractivity contribution >= 4 is 29.4 Å². The largest absolute Gasteiger partial charge is 0.360 e. The summed E-state index contributed by atoms with van der Waals surface area (Å²) in [6.07, 6.45) is 0.948. The molecule has 3 N–H and O–H groups in total. The molecule has 1 aliphatic heterocycles. The zero-order valence-electron chi connectivity index (χ0n) is 12.8. The Morgan fingerprint density at radius 1 is 1.45 bits per heavy atom. The minimum atomic E-state index is -0.193. The van der Waals surface area contributed by atoms with Crippen LogP contribution in [0.15, 0.2) is 10.6 Å². The second-order valence-electron chi connectivity index (χ2n) is 5.51. The van der Waals surface area contributed by atoms with Gasteiger partial charge in [0.25, 0.3) is 0 Å². The lowest BCUT2D eigenvalue weighted by Gasteiger charge is -2.30. The first-order valence-corrected chi connectivity index (χ1v) is 8.51. The Hall–Kier alpha value is -1.54. The highest BCUT2D eigenvalue weighted by Crippen LogP contribution is 2.11. The average Bonchev–Trinajstić information content (AvgIpc) is 2.86. The molecule has 1 aromatic heterocycles. The van der Waals surface area contributed by atoms with Gasteiger partial charge in [-0.3, -0.25) is 9.59 Å². The van der Waals surface area contributed by atoms with Crippen LogP contribution in [0, 0.1) is 12.8 Å². The number of anilines is 1. The predicted molar refractivity (Wildman–Crippen MR) is 85.8 cm³/mol. The average molecular weight is 326 g/mol. The van der Waals surface area contributed by atoms with Gasteiger partial charge in [-0.2, -0.15) is 0 Å². The maximum Gasteiger partial charge on any atom is 0.235 e. The van der Waals surface area contributed by atoms with Crippen LogP contribution in [0.1, 0.15) is 19.1 Å². The summed E-state index contributed by atoms with van der Waals surface area (Å²) in [7, 11) is 0. The predicted octanol–water partition coefficient (Wildman–Crippen LogP) is 0.769. The van der Waals surface area contributed by atoms with E-state index in [1.165, 1.54) is 11.8 Å². The summed E-state index contributed by atoms with van der Waals surface area (Å²) in [5.41, 5.74) is 0. The highest BCUT2D eigenvalue weighted by Gasteiger charge is 2.22. The molecule has 1 aliphatic rings. The molecule has 2 atom stereocenters. The van der Waals surface area contributed by atoms with Crippen LogP contribution in [0.3, 0.4) is 0 Å². The first kappa shape index (κ1) is 16.8. The first-order chi connectivity index (χ1) is 10.5. The van der Waals surface area contributed by atoms with Crippen molar-refractivity contribution in [1.82, 2.24) is 15.8 Å². The third-order valence-corrected chi connectivity index (χ3v) is 4.43. The summed E-state index contributed by atoms with van der Waals surface area (Å²) in [5.74, 6) is 1.74. The molecule has 0 bridgehead atoms. The topological polar surface area (TPSA) is 96.3 Å². The van der Waals surface area contributed by atoms with E-state index in [2.05, 4.69) is 28.0 Å². The summed E-state index contributed by atoms with van der Waals surface area (Å²) in [6.45, 7) is 5.74. The van der Waals surface area contributed by atoms with Crippen molar-refractivity contribution in [3.8, 4) is 0 Å². The van der Waals surface area contributed by atoms with Crippen LogP contribution in [0.2, 0.25) is 0 Å². The molecular formula is C14H22N4O3S. The van der Waals surface area contributed by atoms with Crippen molar-refractivity contribution < 1.29 is 14.1 Å². The van der Waals surface area contributed by atoms with Crippen LogP contribution < -0.4 is 16.0 Å². The third kappa shape index (κ3) is 5.34. The number of nitrogens with zero attached hydrogens (tertiary/aromatic N) is 1. The zero-order valence-corrected chi connectivity index (χ0v) is 13.7. The van der Waals surface area contributed by atoms with Gasteiger partial charge >= 0.3 is 0 Å². The number of nitrogens with one attached hydrogen (secondary N) is 3. The molecule has 2 heterocycles. The van der Waals surface area contributed by atoms with E-state index in [-0.39, 0.29) is 29.4 Å². The van der Waals surface area contributed by atoms with E-state index in [9.17, 15) is 9.59 Å². The Morgan fingerprint density at radius 3 is 2.91 bits per heavy atom. The van der Waals surface area contributed by atoms with E-state index in [0.29, 0.717) is 17.5 Å². The second kappa shape index (κ2) is 8.19. The number of piperidine rings is 1. The van der Waals surface area contributed by atoms with Gasteiger partial charge in [-0.15, -0.1) is 11.8 Å². The van der Waals surface area contributed by atoms with Crippen LogP contribution in [-0.2, 0) is 9.59 Å². The molecule has 2 rings (SSSR count). The standard InChI is InChI=1S/C14H22N4O3S/c1-9-6-15-4-3-11(9)16-13(19)7-22-8-14(20)17-12-5-10(2)21-18-12/h5,9,11,15H,3-4,6-8H2,1-2H3,(H,16,19)(H,17,18,20). The number of carbonyl (C=O) groups is 2. The van der Waals surface area contributed by atoms with Gasteiger partial charge < -0.3 is 20.5 Å². The summed E-state index contributed by atoms with van der Waals surface area (Å²) in [6, 6.07) is 1.87.